The van der Waals surface area contributed by atoms with Gasteiger partial charge in [0.15, 0.2) is 11.5 Å². The first-order valence-corrected chi connectivity index (χ1v) is 14.3. The standard InChI is InChI=1S/C38H23BO6/c39-34-35(41)33(36(42)38(44)37(34)43)26-17-18-28-31(25-11-5-6-12-27(25)45-28)32(26)30-23-9-3-1-7-21(23)29(19-13-15-20(40)16-14-19)22-8-2-4-10-24(22)30/h1-18,40-44H. The quantitative estimate of drug-likeness (QED) is 0.0617. The van der Waals surface area contributed by atoms with Gasteiger partial charge in [-0.15, -0.1) is 0 Å². The van der Waals surface area contributed by atoms with E-state index in [0.29, 0.717) is 22.3 Å². The molecule has 2 radical (unpaired) electrons. The van der Waals surface area contributed by atoms with Crippen LogP contribution in [0.15, 0.2) is 114 Å². The minimum absolute atomic E-state index is 0.124. The van der Waals surface area contributed by atoms with Gasteiger partial charge in [0, 0.05) is 16.3 Å². The third-order valence-electron chi connectivity index (χ3n) is 8.58. The molecular formula is C38H23BO6. The fourth-order valence-corrected chi connectivity index (χ4v) is 6.59. The van der Waals surface area contributed by atoms with E-state index in [4.69, 9.17) is 12.3 Å². The van der Waals surface area contributed by atoms with Gasteiger partial charge in [-0.3, -0.25) is 0 Å². The van der Waals surface area contributed by atoms with E-state index in [2.05, 4.69) is 0 Å². The molecule has 1 aromatic heterocycles. The van der Waals surface area contributed by atoms with Crippen LogP contribution in [0.1, 0.15) is 0 Å². The van der Waals surface area contributed by atoms with Gasteiger partial charge in [0.1, 0.15) is 30.5 Å². The second kappa shape index (κ2) is 9.72. The molecule has 0 aliphatic heterocycles. The van der Waals surface area contributed by atoms with Gasteiger partial charge in [-0.05, 0) is 79.6 Å². The number of hydrogen-bond acceptors (Lipinski definition) is 6. The lowest BCUT2D eigenvalue weighted by Crippen LogP contribution is -2.06. The summed E-state index contributed by atoms with van der Waals surface area (Å²) in [6, 6.07) is 34.2. The molecule has 214 valence electrons. The van der Waals surface area contributed by atoms with Gasteiger partial charge in [-0.1, -0.05) is 78.9 Å². The van der Waals surface area contributed by atoms with Crippen LogP contribution in [0.4, 0.5) is 0 Å². The topological polar surface area (TPSA) is 114 Å². The lowest BCUT2D eigenvalue weighted by atomic mass is 9.80. The first-order chi connectivity index (χ1) is 21.8. The van der Waals surface area contributed by atoms with Crippen molar-refractivity contribution in [1.82, 2.24) is 0 Å². The number of phenolic OH excluding ortho intramolecular Hbond substituents is 5. The van der Waals surface area contributed by atoms with Crippen molar-refractivity contribution in [3.05, 3.63) is 109 Å². The van der Waals surface area contributed by atoms with Gasteiger partial charge in [-0.25, -0.2) is 0 Å². The largest absolute Gasteiger partial charge is 0.508 e. The van der Waals surface area contributed by atoms with E-state index < -0.39 is 28.5 Å². The van der Waals surface area contributed by atoms with Gasteiger partial charge >= 0.3 is 0 Å². The number of furan rings is 1. The Morgan fingerprint density at radius 2 is 0.978 bits per heavy atom. The number of fused-ring (bicyclic) bond motifs is 5. The minimum Gasteiger partial charge on any atom is -0.508 e. The lowest BCUT2D eigenvalue weighted by Gasteiger charge is -2.22. The van der Waals surface area contributed by atoms with Crippen molar-refractivity contribution in [1.29, 1.82) is 0 Å². The zero-order valence-electron chi connectivity index (χ0n) is 23.6. The molecule has 0 spiro atoms. The number of rotatable bonds is 3. The van der Waals surface area contributed by atoms with Crippen LogP contribution in [0.5, 0.6) is 28.7 Å². The molecule has 8 rings (SSSR count). The van der Waals surface area contributed by atoms with Crippen LogP contribution in [0.25, 0.3) is 76.9 Å². The Bertz CT molecular complexity index is 2410. The molecule has 0 saturated carbocycles. The maximum Gasteiger partial charge on any atom is 0.200 e. The van der Waals surface area contributed by atoms with Crippen molar-refractivity contribution in [2.24, 2.45) is 0 Å². The van der Waals surface area contributed by atoms with Crippen molar-refractivity contribution in [2.75, 3.05) is 0 Å². The van der Waals surface area contributed by atoms with Gasteiger partial charge in [0.25, 0.3) is 0 Å². The van der Waals surface area contributed by atoms with Crippen LogP contribution in [0, 0.1) is 0 Å². The summed E-state index contributed by atoms with van der Waals surface area (Å²) in [7, 11) is 6.03. The van der Waals surface area contributed by atoms with Gasteiger partial charge < -0.3 is 29.9 Å². The lowest BCUT2D eigenvalue weighted by molar-refractivity contribution is 0.366. The van der Waals surface area contributed by atoms with Crippen molar-refractivity contribution >= 4 is 56.8 Å². The molecule has 0 atom stereocenters. The van der Waals surface area contributed by atoms with Gasteiger partial charge in [0.05, 0.1) is 5.56 Å². The van der Waals surface area contributed by atoms with Crippen molar-refractivity contribution < 1.29 is 29.9 Å². The highest BCUT2D eigenvalue weighted by Crippen LogP contribution is 2.54. The molecule has 7 heteroatoms. The van der Waals surface area contributed by atoms with Gasteiger partial charge in [0.2, 0.25) is 5.75 Å². The van der Waals surface area contributed by atoms with Crippen LogP contribution in [0.2, 0.25) is 0 Å². The Labute approximate surface area is 257 Å². The number of para-hydroxylation sites is 1. The molecule has 1 heterocycles. The normalized spacial score (nSPS) is 11.6. The molecule has 0 unspecified atom stereocenters. The summed E-state index contributed by atoms with van der Waals surface area (Å²) in [4.78, 5) is 0. The summed E-state index contributed by atoms with van der Waals surface area (Å²) in [5.41, 5.74) is 4.37. The van der Waals surface area contributed by atoms with E-state index >= 15 is 0 Å². The summed E-state index contributed by atoms with van der Waals surface area (Å²) in [6.45, 7) is 0. The minimum atomic E-state index is -0.833. The Kier molecular flexibility index (Phi) is 5.74. The van der Waals surface area contributed by atoms with E-state index in [1.807, 2.05) is 84.9 Å². The molecule has 0 aliphatic carbocycles. The van der Waals surface area contributed by atoms with Crippen LogP contribution < -0.4 is 5.46 Å². The SMILES string of the molecule is [B]c1c(O)c(O)c(O)c(-c2ccc3oc4ccccc4c3c2-c2c3ccccc3c(-c3ccc(O)cc3)c3ccccc23)c1O. The number of aromatic hydroxyl groups is 5. The highest BCUT2D eigenvalue weighted by Gasteiger charge is 2.28. The second-order valence-electron chi connectivity index (χ2n) is 11.0. The highest BCUT2D eigenvalue weighted by atomic mass is 16.3. The zero-order valence-corrected chi connectivity index (χ0v) is 23.6. The smallest absolute Gasteiger partial charge is 0.200 e. The number of benzene rings is 7. The molecule has 8 aromatic rings. The van der Waals surface area contributed by atoms with E-state index in [0.717, 1.165) is 49.0 Å². The molecule has 5 N–H and O–H groups in total. The van der Waals surface area contributed by atoms with E-state index in [1.54, 1.807) is 24.3 Å². The monoisotopic (exact) mass is 586 g/mol. The van der Waals surface area contributed by atoms with Crippen molar-refractivity contribution in [3.8, 4) is 62.1 Å². The summed E-state index contributed by atoms with van der Waals surface area (Å²) < 4.78 is 6.30. The Balaban J connectivity index is 1.64. The number of hydrogen-bond donors (Lipinski definition) is 5. The third-order valence-corrected chi connectivity index (χ3v) is 8.58. The molecule has 0 fully saturated rings. The molecule has 45 heavy (non-hydrogen) atoms. The van der Waals surface area contributed by atoms with Crippen LogP contribution in [-0.4, -0.2) is 33.4 Å². The highest BCUT2D eigenvalue weighted by molar-refractivity contribution is 6.38. The third kappa shape index (κ3) is 3.77. The maximum atomic E-state index is 11.3. The predicted octanol–water partition coefficient (Wildman–Crippen LogP) is 8.22. The Morgan fingerprint density at radius 1 is 0.422 bits per heavy atom. The first-order valence-electron chi connectivity index (χ1n) is 14.3. The van der Waals surface area contributed by atoms with Crippen molar-refractivity contribution in [3.63, 3.8) is 0 Å². The fourth-order valence-electron chi connectivity index (χ4n) is 6.59. The average molecular weight is 586 g/mol. The Hall–Kier alpha value is -6.08. The molecular weight excluding hydrogens is 563 g/mol. The molecule has 0 bridgehead atoms. The molecule has 7 aromatic carbocycles. The molecule has 6 nitrogen and oxygen atoms in total. The van der Waals surface area contributed by atoms with E-state index in [9.17, 15) is 25.5 Å². The van der Waals surface area contributed by atoms with E-state index in [-0.39, 0.29) is 11.3 Å². The molecule has 0 aliphatic rings. The molecule has 0 amide bonds. The number of phenols is 5. The van der Waals surface area contributed by atoms with Crippen LogP contribution in [0.3, 0.4) is 0 Å². The zero-order chi connectivity index (χ0) is 31.0. The van der Waals surface area contributed by atoms with Crippen LogP contribution in [-0.2, 0) is 0 Å². The van der Waals surface area contributed by atoms with Crippen LogP contribution >= 0.6 is 0 Å². The average Bonchev–Trinajstić information content (AvgIpc) is 3.45. The van der Waals surface area contributed by atoms with Crippen molar-refractivity contribution in [2.45, 2.75) is 0 Å². The predicted molar refractivity (Wildman–Crippen MR) is 179 cm³/mol. The van der Waals surface area contributed by atoms with E-state index in [1.165, 1.54) is 0 Å². The summed E-state index contributed by atoms with van der Waals surface area (Å²) in [5.74, 6) is -2.74. The summed E-state index contributed by atoms with van der Waals surface area (Å²) in [5, 5.41) is 58.7. The summed E-state index contributed by atoms with van der Waals surface area (Å²) >= 11 is 0. The molecule has 0 saturated heterocycles. The second-order valence-corrected chi connectivity index (χ2v) is 11.0. The maximum absolute atomic E-state index is 11.3. The summed E-state index contributed by atoms with van der Waals surface area (Å²) in [6.07, 6.45) is 0. The Morgan fingerprint density at radius 3 is 1.60 bits per heavy atom. The first kappa shape index (κ1) is 26.5. The fraction of sp³-hybridized carbons (Fsp3) is 0. The van der Waals surface area contributed by atoms with Gasteiger partial charge in [-0.2, -0.15) is 0 Å².